The number of alkyl halides is 3. The van der Waals surface area contributed by atoms with Gasteiger partial charge in [-0.1, -0.05) is 13.8 Å². The predicted octanol–water partition coefficient (Wildman–Crippen LogP) is 2.75. The van der Waals surface area contributed by atoms with Crippen LogP contribution in [-0.4, -0.2) is 21.3 Å². The summed E-state index contributed by atoms with van der Waals surface area (Å²) in [6.45, 7) is 3.73. The van der Waals surface area contributed by atoms with Gasteiger partial charge in [0.25, 0.3) is 0 Å². The second-order valence-corrected chi connectivity index (χ2v) is 5.61. The second-order valence-electron chi connectivity index (χ2n) is 3.94. The molecule has 3 unspecified atom stereocenters. The highest BCUT2D eigenvalue weighted by Gasteiger charge is 2.65. The third-order valence-electron chi connectivity index (χ3n) is 2.76. The zero-order valence-corrected chi connectivity index (χ0v) is 9.57. The summed E-state index contributed by atoms with van der Waals surface area (Å²) >= 11 is 17.1. The summed E-state index contributed by atoms with van der Waals surface area (Å²) in [7, 11) is 0. The molecule has 1 saturated carbocycles. The first-order valence-electron chi connectivity index (χ1n) is 3.95. The molecule has 1 rings (SSSR count). The fourth-order valence-corrected chi connectivity index (χ4v) is 2.68. The van der Waals surface area contributed by atoms with Gasteiger partial charge in [-0.25, -0.2) is 0 Å². The number of carboxylic acids is 1. The zero-order valence-electron chi connectivity index (χ0n) is 7.30. The normalized spacial score (nSPS) is 33.1. The second kappa shape index (κ2) is 3.48. The van der Waals surface area contributed by atoms with E-state index in [1.807, 2.05) is 13.8 Å². The molecule has 5 heteroatoms. The van der Waals surface area contributed by atoms with Crippen LogP contribution in [0.15, 0.2) is 0 Å². The van der Waals surface area contributed by atoms with Gasteiger partial charge in [0.2, 0.25) is 0 Å². The lowest BCUT2D eigenvalue weighted by molar-refractivity contribution is -0.139. The number of hydrogen-bond donors (Lipinski definition) is 1. The molecule has 3 atom stereocenters. The van der Waals surface area contributed by atoms with Crippen LogP contribution in [0, 0.1) is 17.3 Å². The van der Waals surface area contributed by atoms with E-state index in [2.05, 4.69) is 0 Å². The number of hydrogen-bond acceptors (Lipinski definition) is 1. The van der Waals surface area contributed by atoms with Crippen molar-refractivity contribution >= 4 is 40.8 Å². The van der Waals surface area contributed by atoms with Crippen LogP contribution in [0.5, 0.6) is 0 Å². The maximum atomic E-state index is 10.8. The van der Waals surface area contributed by atoms with Gasteiger partial charge in [-0.2, -0.15) is 0 Å². The van der Waals surface area contributed by atoms with Crippen LogP contribution in [0.4, 0.5) is 0 Å². The molecule has 0 spiro atoms. The molecule has 0 aromatic rings. The quantitative estimate of drug-likeness (QED) is 0.776. The van der Waals surface area contributed by atoms with Crippen LogP contribution in [0.1, 0.15) is 13.8 Å². The van der Waals surface area contributed by atoms with Crippen molar-refractivity contribution in [2.24, 2.45) is 17.3 Å². The van der Waals surface area contributed by atoms with Gasteiger partial charge in [0.15, 0.2) is 0 Å². The van der Waals surface area contributed by atoms with Gasteiger partial charge in [0, 0.05) is 0 Å². The molecule has 0 bridgehead atoms. The van der Waals surface area contributed by atoms with Crippen molar-refractivity contribution in [3.63, 3.8) is 0 Å². The largest absolute Gasteiger partial charge is 0.481 e. The van der Waals surface area contributed by atoms with Crippen molar-refractivity contribution in [1.29, 1.82) is 0 Å². The van der Waals surface area contributed by atoms with Crippen LogP contribution in [0.2, 0.25) is 0 Å². The molecule has 1 aliphatic rings. The van der Waals surface area contributed by atoms with Crippen molar-refractivity contribution in [3.05, 3.63) is 0 Å². The highest BCUT2D eigenvalue weighted by molar-refractivity contribution is 6.48. The van der Waals surface area contributed by atoms with Gasteiger partial charge in [0.05, 0.1) is 11.3 Å². The fraction of sp³-hybridized carbons (Fsp3) is 0.875. The van der Waals surface area contributed by atoms with E-state index in [0.29, 0.717) is 0 Å². The molecule has 0 radical (unpaired) electrons. The number of carbonyl (C=O) groups is 1. The molecular formula is C8H11Cl3O2. The van der Waals surface area contributed by atoms with Gasteiger partial charge in [0.1, 0.15) is 4.84 Å². The van der Waals surface area contributed by atoms with E-state index in [4.69, 9.17) is 39.9 Å². The summed E-state index contributed by atoms with van der Waals surface area (Å²) < 4.78 is 0. The minimum Gasteiger partial charge on any atom is -0.481 e. The summed E-state index contributed by atoms with van der Waals surface area (Å²) in [6, 6.07) is 0. The summed E-state index contributed by atoms with van der Waals surface area (Å²) in [5.41, 5.74) is -0.291. The minimum absolute atomic E-state index is 0.133. The van der Waals surface area contributed by atoms with Crippen molar-refractivity contribution in [2.75, 3.05) is 0 Å². The summed E-state index contributed by atoms with van der Waals surface area (Å²) in [5.74, 6) is -1.38. The lowest BCUT2D eigenvalue weighted by atomic mass is 10.1. The molecule has 1 fully saturated rings. The Morgan fingerprint density at radius 3 is 2.08 bits per heavy atom. The molecule has 0 amide bonds. The van der Waals surface area contributed by atoms with Crippen LogP contribution < -0.4 is 0 Å². The van der Waals surface area contributed by atoms with Gasteiger partial charge < -0.3 is 5.11 Å². The average Bonchev–Trinajstić information content (AvgIpc) is 2.51. The Hall–Kier alpha value is 0.340. The first-order chi connectivity index (χ1) is 5.80. The highest BCUT2D eigenvalue weighted by atomic mass is 35.5. The van der Waals surface area contributed by atoms with E-state index in [1.165, 1.54) is 0 Å². The molecule has 0 aromatic carbocycles. The number of carboxylic acid groups (broad SMARTS) is 1. The molecule has 13 heavy (non-hydrogen) atoms. The molecule has 1 aliphatic carbocycles. The predicted molar refractivity (Wildman–Crippen MR) is 53.5 cm³/mol. The van der Waals surface area contributed by atoms with E-state index < -0.39 is 22.1 Å². The summed E-state index contributed by atoms with van der Waals surface area (Å²) in [6.07, 6.45) is 0. The molecule has 0 saturated heterocycles. The summed E-state index contributed by atoms with van der Waals surface area (Å²) in [4.78, 5) is 10.1. The standard InChI is InChI=1S/C8H11Cl3O2/c1-8(2)3(4(8)7(12)13)5(9)6(10)11/h3-6H,1-2H3,(H,12,13). The van der Waals surface area contributed by atoms with Gasteiger partial charge >= 0.3 is 5.97 Å². The Bertz CT molecular complexity index is 227. The SMILES string of the molecule is CC1(C)C(C(=O)O)C1C(Cl)C(Cl)Cl. The Morgan fingerprint density at radius 2 is 1.85 bits per heavy atom. The van der Waals surface area contributed by atoms with Gasteiger partial charge in [-0.15, -0.1) is 34.8 Å². The monoisotopic (exact) mass is 244 g/mol. The number of halogens is 3. The Morgan fingerprint density at radius 1 is 1.38 bits per heavy atom. The van der Waals surface area contributed by atoms with Crippen LogP contribution in [0.25, 0.3) is 0 Å². The van der Waals surface area contributed by atoms with Crippen LogP contribution >= 0.6 is 34.8 Å². The minimum atomic E-state index is -0.824. The number of aliphatic carboxylic acids is 1. The lowest BCUT2D eigenvalue weighted by Crippen LogP contribution is -2.15. The van der Waals surface area contributed by atoms with E-state index in [0.717, 1.165) is 0 Å². The fourth-order valence-electron chi connectivity index (χ4n) is 1.90. The summed E-state index contributed by atoms with van der Waals surface area (Å²) in [5, 5.41) is 8.36. The molecule has 1 N–H and O–H groups in total. The third kappa shape index (κ3) is 1.90. The molecular weight excluding hydrogens is 234 g/mol. The molecule has 0 aromatic heterocycles. The molecule has 0 aliphatic heterocycles. The highest BCUT2D eigenvalue weighted by Crippen LogP contribution is 2.62. The van der Waals surface area contributed by atoms with Crippen LogP contribution in [0.3, 0.4) is 0 Å². The molecule has 76 valence electrons. The lowest BCUT2D eigenvalue weighted by Gasteiger charge is -2.10. The van der Waals surface area contributed by atoms with E-state index >= 15 is 0 Å². The van der Waals surface area contributed by atoms with Crippen LogP contribution in [-0.2, 0) is 4.79 Å². The molecule has 2 nitrogen and oxygen atoms in total. The van der Waals surface area contributed by atoms with Gasteiger partial charge in [-0.05, 0) is 11.3 Å². The number of rotatable bonds is 3. The average molecular weight is 246 g/mol. The van der Waals surface area contributed by atoms with Crippen molar-refractivity contribution in [1.82, 2.24) is 0 Å². The Labute approximate surface area is 92.2 Å². The van der Waals surface area contributed by atoms with Gasteiger partial charge in [-0.3, -0.25) is 4.79 Å². The topological polar surface area (TPSA) is 37.3 Å². The Balaban J connectivity index is 2.70. The van der Waals surface area contributed by atoms with Crippen molar-refractivity contribution in [3.8, 4) is 0 Å². The Kier molecular flexibility index (Phi) is 3.06. The smallest absolute Gasteiger partial charge is 0.307 e. The zero-order chi connectivity index (χ0) is 10.4. The first-order valence-corrected chi connectivity index (χ1v) is 5.26. The molecule has 0 heterocycles. The maximum Gasteiger partial charge on any atom is 0.307 e. The van der Waals surface area contributed by atoms with Crippen molar-refractivity contribution in [2.45, 2.75) is 24.1 Å². The van der Waals surface area contributed by atoms with E-state index in [9.17, 15) is 4.79 Å². The first kappa shape index (κ1) is 11.4. The van der Waals surface area contributed by atoms with Crippen molar-refractivity contribution < 1.29 is 9.90 Å². The van der Waals surface area contributed by atoms with E-state index in [1.54, 1.807) is 0 Å². The van der Waals surface area contributed by atoms with E-state index in [-0.39, 0.29) is 11.3 Å². The third-order valence-corrected chi connectivity index (χ3v) is 4.08. The maximum absolute atomic E-state index is 10.8.